The minimum absolute atomic E-state index is 0.0912. The molecule has 32 heavy (non-hydrogen) atoms. The number of carbonyl (C=O) groups excluding carboxylic acids is 1. The number of hydrogen-bond donors (Lipinski definition) is 1. The molecule has 0 fully saturated rings. The smallest absolute Gasteiger partial charge is 0.261 e. The van der Waals surface area contributed by atoms with E-state index in [1.165, 1.54) is 24.3 Å². The third-order valence-electron chi connectivity index (χ3n) is 5.19. The lowest BCUT2D eigenvalue weighted by atomic mass is 10.1. The van der Waals surface area contributed by atoms with Gasteiger partial charge in [0.15, 0.2) is 11.5 Å². The summed E-state index contributed by atoms with van der Waals surface area (Å²) in [5.74, 6) is 1.18. The number of aryl methyl sites for hydroxylation is 1. The van der Waals surface area contributed by atoms with Gasteiger partial charge in [-0.25, -0.2) is 8.42 Å². The largest absolute Gasteiger partial charge is 0.454 e. The van der Waals surface area contributed by atoms with Gasteiger partial charge >= 0.3 is 0 Å². The summed E-state index contributed by atoms with van der Waals surface area (Å²) < 4.78 is 38.6. The fraction of sp³-hybridized carbons (Fsp3) is 0.208. The van der Waals surface area contributed by atoms with Gasteiger partial charge in [0.1, 0.15) is 0 Å². The first-order valence-corrected chi connectivity index (χ1v) is 11.7. The molecule has 1 amide bonds. The van der Waals surface area contributed by atoms with Gasteiger partial charge in [-0.1, -0.05) is 23.8 Å². The van der Waals surface area contributed by atoms with Crippen LogP contribution in [-0.2, 0) is 16.6 Å². The first-order chi connectivity index (χ1) is 15.4. The van der Waals surface area contributed by atoms with E-state index >= 15 is 0 Å². The van der Waals surface area contributed by atoms with Crippen molar-refractivity contribution in [2.75, 3.05) is 18.1 Å². The Morgan fingerprint density at radius 2 is 1.66 bits per heavy atom. The Labute approximate surface area is 187 Å². The van der Waals surface area contributed by atoms with E-state index in [-0.39, 0.29) is 17.6 Å². The van der Waals surface area contributed by atoms with E-state index in [2.05, 4.69) is 4.72 Å². The molecule has 0 saturated heterocycles. The van der Waals surface area contributed by atoms with Crippen molar-refractivity contribution in [1.82, 2.24) is 4.90 Å². The second-order valence-corrected chi connectivity index (χ2v) is 9.19. The molecule has 1 N–H and O–H groups in total. The van der Waals surface area contributed by atoms with Crippen LogP contribution in [0.5, 0.6) is 11.5 Å². The summed E-state index contributed by atoms with van der Waals surface area (Å²) >= 11 is 0. The van der Waals surface area contributed by atoms with Gasteiger partial charge in [-0.05, 0) is 67.9 Å². The zero-order valence-corrected chi connectivity index (χ0v) is 18.7. The zero-order valence-electron chi connectivity index (χ0n) is 17.9. The van der Waals surface area contributed by atoms with Crippen molar-refractivity contribution < 1.29 is 22.7 Å². The highest BCUT2D eigenvalue weighted by Crippen LogP contribution is 2.33. The summed E-state index contributed by atoms with van der Waals surface area (Å²) in [6, 6.07) is 18.6. The highest BCUT2D eigenvalue weighted by Gasteiger charge is 2.19. The number of fused-ring (bicyclic) bond motifs is 1. The lowest BCUT2D eigenvalue weighted by Gasteiger charge is -2.21. The summed E-state index contributed by atoms with van der Waals surface area (Å²) in [6.07, 6.45) is 0. The van der Waals surface area contributed by atoms with Crippen molar-refractivity contribution >= 4 is 21.6 Å². The maximum absolute atomic E-state index is 13.0. The molecule has 166 valence electrons. The van der Waals surface area contributed by atoms with Crippen LogP contribution >= 0.6 is 0 Å². The van der Waals surface area contributed by atoms with Crippen LogP contribution in [-0.4, -0.2) is 32.6 Å². The molecule has 1 heterocycles. The molecule has 8 heteroatoms. The van der Waals surface area contributed by atoms with E-state index in [1.807, 2.05) is 44.2 Å². The van der Waals surface area contributed by atoms with Gasteiger partial charge in [-0.3, -0.25) is 9.52 Å². The van der Waals surface area contributed by atoms with Gasteiger partial charge in [0.2, 0.25) is 6.79 Å². The molecule has 0 aliphatic carbocycles. The number of hydrogen-bond acceptors (Lipinski definition) is 5. The Balaban J connectivity index is 1.47. The molecule has 1 aliphatic rings. The summed E-state index contributed by atoms with van der Waals surface area (Å²) in [5.41, 5.74) is 2.86. The van der Waals surface area contributed by atoms with E-state index in [9.17, 15) is 13.2 Å². The summed E-state index contributed by atoms with van der Waals surface area (Å²) in [5, 5.41) is 0. The number of nitrogens with one attached hydrogen (secondary N) is 1. The summed E-state index contributed by atoms with van der Waals surface area (Å²) in [6.45, 7) is 4.93. The van der Waals surface area contributed by atoms with Crippen molar-refractivity contribution in [3.05, 3.63) is 83.4 Å². The highest BCUT2D eigenvalue weighted by molar-refractivity contribution is 7.92. The molecule has 0 atom stereocenters. The molecule has 0 saturated carbocycles. The minimum atomic E-state index is -3.75. The Bertz CT molecular complexity index is 1220. The van der Waals surface area contributed by atoms with Crippen molar-refractivity contribution in [1.29, 1.82) is 0 Å². The molecule has 1 aliphatic heterocycles. The van der Waals surface area contributed by atoms with Gasteiger partial charge in [0, 0.05) is 24.3 Å². The fourth-order valence-corrected chi connectivity index (χ4v) is 4.44. The number of rotatable bonds is 7. The fourth-order valence-electron chi connectivity index (χ4n) is 3.38. The molecule has 0 aromatic heterocycles. The lowest BCUT2D eigenvalue weighted by molar-refractivity contribution is 0.0752. The predicted octanol–water partition coefficient (Wildman–Crippen LogP) is 4.19. The van der Waals surface area contributed by atoms with Crippen molar-refractivity contribution in [3.8, 4) is 11.5 Å². The molecular formula is C24H24N2O5S. The third-order valence-corrected chi connectivity index (χ3v) is 6.59. The van der Waals surface area contributed by atoms with Gasteiger partial charge in [0.25, 0.3) is 15.9 Å². The maximum atomic E-state index is 13.0. The van der Waals surface area contributed by atoms with Gasteiger partial charge in [0.05, 0.1) is 4.90 Å². The second kappa shape index (κ2) is 8.92. The van der Waals surface area contributed by atoms with Crippen molar-refractivity contribution in [3.63, 3.8) is 0 Å². The maximum Gasteiger partial charge on any atom is 0.261 e. The molecule has 0 spiro atoms. The number of amides is 1. The van der Waals surface area contributed by atoms with E-state index in [4.69, 9.17) is 9.47 Å². The highest BCUT2D eigenvalue weighted by atomic mass is 32.2. The number of anilines is 1. The number of ether oxygens (including phenoxy) is 2. The van der Waals surface area contributed by atoms with Crippen molar-refractivity contribution in [2.24, 2.45) is 0 Å². The first kappa shape index (κ1) is 21.7. The molecule has 0 bridgehead atoms. The molecule has 3 aromatic carbocycles. The minimum Gasteiger partial charge on any atom is -0.454 e. The molecule has 0 radical (unpaired) electrons. The van der Waals surface area contributed by atoms with E-state index in [0.29, 0.717) is 35.8 Å². The van der Waals surface area contributed by atoms with E-state index in [1.54, 1.807) is 17.0 Å². The van der Waals surface area contributed by atoms with Crippen LogP contribution < -0.4 is 14.2 Å². The zero-order chi connectivity index (χ0) is 22.7. The molecular weight excluding hydrogens is 428 g/mol. The Kier molecular flexibility index (Phi) is 6.05. The van der Waals surface area contributed by atoms with E-state index in [0.717, 1.165) is 11.1 Å². The standard InChI is InChI=1S/C24H24N2O5S/c1-3-26(15-18-6-13-22-23(14-18)31-16-30-22)24(27)19-7-11-21(12-8-19)32(28,29)25-20-9-4-17(2)5-10-20/h4-14,25H,3,15-16H2,1-2H3. The first-order valence-electron chi connectivity index (χ1n) is 10.2. The van der Waals surface area contributed by atoms with Gasteiger partial charge in [-0.2, -0.15) is 0 Å². The SMILES string of the molecule is CCN(Cc1ccc2c(c1)OCO2)C(=O)c1ccc(S(=O)(=O)Nc2ccc(C)cc2)cc1. The molecule has 7 nitrogen and oxygen atoms in total. The predicted molar refractivity (Wildman–Crippen MR) is 121 cm³/mol. The third kappa shape index (κ3) is 4.70. The Hall–Kier alpha value is -3.52. The topological polar surface area (TPSA) is 84.9 Å². The van der Waals surface area contributed by atoms with E-state index < -0.39 is 10.0 Å². The summed E-state index contributed by atoms with van der Waals surface area (Å²) in [4.78, 5) is 14.8. The lowest BCUT2D eigenvalue weighted by Crippen LogP contribution is -2.30. The summed E-state index contributed by atoms with van der Waals surface area (Å²) in [7, 11) is -3.75. The van der Waals surface area contributed by atoms with Crippen LogP contribution in [0.4, 0.5) is 5.69 Å². The normalized spacial score (nSPS) is 12.4. The molecule has 4 rings (SSSR count). The van der Waals surface area contributed by atoms with Crippen LogP contribution in [0, 0.1) is 6.92 Å². The van der Waals surface area contributed by atoms with Crippen molar-refractivity contribution in [2.45, 2.75) is 25.3 Å². The van der Waals surface area contributed by atoms with Crippen LogP contribution in [0.3, 0.4) is 0 Å². The number of nitrogens with zero attached hydrogens (tertiary/aromatic N) is 1. The number of sulfonamides is 1. The monoisotopic (exact) mass is 452 g/mol. The Morgan fingerprint density at radius 1 is 0.969 bits per heavy atom. The van der Waals surface area contributed by atoms with Gasteiger partial charge in [-0.15, -0.1) is 0 Å². The van der Waals surface area contributed by atoms with Crippen LogP contribution in [0.1, 0.15) is 28.4 Å². The number of carbonyl (C=O) groups is 1. The van der Waals surface area contributed by atoms with Crippen LogP contribution in [0.15, 0.2) is 71.6 Å². The molecule has 0 unspecified atom stereocenters. The quantitative estimate of drug-likeness (QED) is 0.581. The van der Waals surface area contributed by atoms with Gasteiger partial charge < -0.3 is 14.4 Å². The average Bonchev–Trinajstić information content (AvgIpc) is 3.26. The van der Waals surface area contributed by atoms with Crippen LogP contribution in [0.2, 0.25) is 0 Å². The average molecular weight is 453 g/mol. The Morgan fingerprint density at radius 3 is 2.34 bits per heavy atom. The number of benzene rings is 3. The second-order valence-electron chi connectivity index (χ2n) is 7.50. The molecule has 3 aromatic rings. The van der Waals surface area contributed by atoms with Crippen LogP contribution in [0.25, 0.3) is 0 Å².